The van der Waals surface area contributed by atoms with Gasteiger partial charge in [0.1, 0.15) is 0 Å². The molecule has 1 N–H and O–H groups in total. The summed E-state index contributed by atoms with van der Waals surface area (Å²) in [5.74, 6) is 1.20. The Morgan fingerprint density at radius 2 is 1.94 bits per heavy atom. The Hall–Kier alpha value is -2.63. The van der Waals surface area contributed by atoms with Crippen LogP contribution in [-0.4, -0.2) is 40.7 Å². The first kappa shape index (κ1) is 21.6. The van der Waals surface area contributed by atoms with Gasteiger partial charge in [0.25, 0.3) is 0 Å². The molecule has 0 bridgehead atoms. The highest BCUT2D eigenvalue weighted by Gasteiger charge is 2.33. The molecular weight excluding hydrogens is 390 g/mol. The molecule has 2 atom stereocenters. The summed E-state index contributed by atoms with van der Waals surface area (Å²) in [5.41, 5.74) is 4.76. The van der Waals surface area contributed by atoms with E-state index >= 15 is 0 Å². The van der Waals surface area contributed by atoms with Crippen molar-refractivity contribution in [2.24, 2.45) is 17.3 Å². The van der Waals surface area contributed by atoms with Crippen molar-refractivity contribution in [1.29, 1.82) is 0 Å². The van der Waals surface area contributed by atoms with Crippen LogP contribution in [0.15, 0.2) is 24.5 Å². The molecule has 4 rings (SSSR count). The molecule has 1 aliphatic heterocycles. The van der Waals surface area contributed by atoms with Crippen molar-refractivity contribution in [2.75, 3.05) is 24.6 Å². The number of carboxylic acids is 1. The molecule has 1 aliphatic carbocycles. The van der Waals surface area contributed by atoms with Gasteiger partial charge in [-0.2, -0.15) is 0 Å². The second kappa shape index (κ2) is 8.48. The van der Waals surface area contributed by atoms with Crippen molar-refractivity contribution in [3.8, 4) is 17.0 Å². The summed E-state index contributed by atoms with van der Waals surface area (Å²) >= 11 is 0. The van der Waals surface area contributed by atoms with E-state index in [1.54, 1.807) is 0 Å². The lowest BCUT2D eigenvalue weighted by molar-refractivity contribution is -0.136. The smallest absolute Gasteiger partial charge is 0.307 e. The first-order valence-electron chi connectivity index (χ1n) is 11.3. The van der Waals surface area contributed by atoms with Crippen molar-refractivity contribution in [1.82, 2.24) is 9.97 Å². The van der Waals surface area contributed by atoms with Crippen LogP contribution < -0.4 is 9.64 Å². The molecule has 0 radical (unpaired) electrons. The number of aliphatic carboxylic acids is 1. The number of nitrogens with zero attached hydrogens (tertiary/aromatic N) is 3. The average Bonchev–Trinajstić information content (AvgIpc) is 3.43. The first-order valence-corrected chi connectivity index (χ1v) is 11.3. The molecule has 2 unspecified atom stereocenters. The van der Waals surface area contributed by atoms with Crippen LogP contribution in [-0.2, 0) is 11.2 Å². The highest BCUT2D eigenvalue weighted by atomic mass is 16.5. The van der Waals surface area contributed by atoms with Crippen LogP contribution in [0, 0.1) is 24.2 Å². The monoisotopic (exact) mass is 423 g/mol. The third-order valence-corrected chi connectivity index (χ3v) is 6.90. The molecule has 6 nitrogen and oxygen atoms in total. The van der Waals surface area contributed by atoms with Crippen LogP contribution in [0.5, 0.6) is 5.88 Å². The molecule has 2 aromatic heterocycles. The van der Waals surface area contributed by atoms with Crippen molar-refractivity contribution >= 4 is 11.7 Å². The number of anilines is 1. The predicted molar refractivity (Wildman–Crippen MR) is 122 cm³/mol. The number of rotatable bonds is 7. The molecule has 0 spiro atoms. The SMILES string of the molecule is Cc1ncc(-c2ccc(OCC3CC3C)nc2)c(N2CCC(C)(C)CC2)c1CC(=O)O. The lowest BCUT2D eigenvalue weighted by Gasteiger charge is -2.40. The number of hydrogen-bond acceptors (Lipinski definition) is 5. The number of aryl methyl sites for hydroxylation is 1. The van der Waals surface area contributed by atoms with Gasteiger partial charge in [0, 0.05) is 53.9 Å². The van der Waals surface area contributed by atoms with Crippen LogP contribution in [0.25, 0.3) is 11.1 Å². The zero-order valence-corrected chi connectivity index (χ0v) is 19.0. The minimum absolute atomic E-state index is 0.0317. The topological polar surface area (TPSA) is 75.6 Å². The van der Waals surface area contributed by atoms with Gasteiger partial charge in [-0.3, -0.25) is 9.78 Å². The average molecular weight is 424 g/mol. The Bertz CT molecular complexity index is 945. The molecule has 1 saturated carbocycles. The van der Waals surface area contributed by atoms with Gasteiger partial charge in [0.15, 0.2) is 0 Å². The van der Waals surface area contributed by atoms with Gasteiger partial charge in [-0.25, -0.2) is 4.98 Å². The Kier molecular flexibility index (Phi) is 5.91. The van der Waals surface area contributed by atoms with Crippen LogP contribution in [0.3, 0.4) is 0 Å². The Balaban J connectivity index is 1.65. The van der Waals surface area contributed by atoms with Gasteiger partial charge in [-0.15, -0.1) is 0 Å². The zero-order chi connectivity index (χ0) is 22.2. The number of carboxylic acid groups (broad SMARTS) is 1. The van der Waals surface area contributed by atoms with Crippen LogP contribution >= 0.6 is 0 Å². The Labute approximate surface area is 184 Å². The van der Waals surface area contributed by atoms with Crippen molar-refractivity contribution in [3.63, 3.8) is 0 Å². The molecule has 2 aromatic rings. The molecule has 6 heteroatoms. The van der Waals surface area contributed by atoms with E-state index in [-0.39, 0.29) is 6.42 Å². The fraction of sp³-hybridized carbons (Fsp3) is 0.560. The fourth-order valence-corrected chi connectivity index (χ4v) is 4.35. The number of ether oxygens (including phenoxy) is 1. The van der Waals surface area contributed by atoms with Gasteiger partial charge in [-0.05, 0) is 49.5 Å². The van der Waals surface area contributed by atoms with E-state index in [2.05, 4.69) is 35.6 Å². The number of aromatic nitrogens is 2. The minimum atomic E-state index is -0.836. The minimum Gasteiger partial charge on any atom is -0.481 e. The first-order chi connectivity index (χ1) is 14.7. The van der Waals surface area contributed by atoms with Crippen LogP contribution in [0.4, 0.5) is 5.69 Å². The summed E-state index contributed by atoms with van der Waals surface area (Å²) in [6.07, 6.45) is 7.03. The number of pyridine rings is 2. The highest BCUT2D eigenvalue weighted by molar-refractivity contribution is 5.84. The Morgan fingerprint density at radius 3 is 2.52 bits per heavy atom. The molecular formula is C25H33N3O3. The van der Waals surface area contributed by atoms with Crippen molar-refractivity contribution < 1.29 is 14.6 Å². The van der Waals surface area contributed by atoms with E-state index in [0.717, 1.165) is 66.5 Å². The normalized spacial score (nSPS) is 22.3. The summed E-state index contributed by atoms with van der Waals surface area (Å²) in [5, 5.41) is 9.55. The second-order valence-corrected chi connectivity index (χ2v) is 9.98. The molecule has 2 aliphatic rings. The van der Waals surface area contributed by atoms with Gasteiger partial charge in [-0.1, -0.05) is 20.8 Å². The van der Waals surface area contributed by atoms with E-state index in [0.29, 0.717) is 17.2 Å². The maximum atomic E-state index is 11.6. The maximum absolute atomic E-state index is 11.6. The molecule has 1 saturated heterocycles. The van der Waals surface area contributed by atoms with E-state index in [1.807, 2.05) is 31.5 Å². The van der Waals surface area contributed by atoms with Gasteiger partial charge >= 0.3 is 5.97 Å². The van der Waals surface area contributed by atoms with E-state index < -0.39 is 5.97 Å². The van der Waals surface area contributed by atoms with E-state index in [4.69, 9.17) is 4.74 Å². The van der Waals surface area contributed by atoms with E-state index in [1.165, 1.54) is 6.42 Å². The summed E-state index contributed by atoms with van der Waals surface area (Å²) in [6.45, 7) is 11.3. The lowest BCUT2D eigenvalue weighted by Crippen LogP contribution is -2.38. The van der Waals surface area contributed by atoms with Crippen molar-refractivity contribution in [2.45, 2.75) is 53.4 Å². The molecule has 166 valence electrons. The van der Waals surface area contributed by atoms with Gasteiger partial charge in [0.2, 0.25) is 5.88 Å². The van der Waals surface area contributed by atoms with Crippen LogP contribution in [0.1, 0.15) is 51.3 Å². The standard InChI is InChI=1S/C25H33N3O3/c1-16-11-19(16)15-31-22-6-5-18(13-27-22)21-14-26-17(2)20(12-23(29)30)24(21)28-9-7-25(3,4)8-10-28/h5-6,13-14,16,19H,7-12,15H2,1-4H3,(H,29,30). The summed E-state index contributed by atoms with van der Waals surface area (Å²) in [4.78, 5) is 23.0. The Morgan fingerprint density at radius 1 is 1.23 bits per heavy atom. The maximum Gasteiger partial charge on any atom is 0.307 e. The van der Waals surface area contributed by atoms with Gasteiger partial charge < -0.3 is 14.7 Å². The predicted octanol–water partition coefficient (Wildman–Crippen LogP) is 4.74. The van der Waals surface area contributed by atoms with Crippen molar-refractivity contribution in [3.05, 3.63) is 35.8 Å². The summed E-state index contributed by atoms with van der Waals surface area (Å²) in [6, 6.07) is 3.91. The summed E-state index contributed by atoms with van der Waals surface area (Å²) < 4.78 is 5.84. The number of piperidine rings is 1. The molecule has 31 heavy (non-hydrogen) atoms. The molecule has 3 heterocycles. The molecule has 0 aromatic carbocycles. The fourth-order valence-electron chi connectivity index (χ4n) is 4.35. The third kappa shape index (κ3) is 5.00. The molecule has 0 amide bonds. The largest absolute Gasteiger partial charge is 0.481 e. The molecule has 2 fully saturated rings. The zero-order valence-electron chi connectivity index (χ0n) is 19.0. The quantitative estimate of drug-likeness (QED) is 0.693. The lowest BCUT2D eigenvalue weighted by atomic mass is 9.82. The van der Waals surface area contributed by atoms with E-state index in [9.17, 15) is 9.90 Å². The highest BCUT2D eigenvalue weighted by Crippen LogP contribution is 2.40. The van der Waals surface area contributed by atoms with Gasteiger partial charge in [0.05, 0.1) is 18.7 Å². The third-order valence-electron chi connectivity index (χ3n) is 6.90. The van der Waals surface area contributed by atoms with Crippen LogP contribution in [0.2, 0.25) is 0 Å². The number of carbonyl (C=O) groups is 1. The number of hydrogen-bond donors (Lipinski definition) is 1. The summed E-state index contributed by atoms with van der Waals surface area (Å²) in [7, 11) is 0. The second-order valence-electron chi connectivity index (χ2n) is 9.98.